The van der Waals surface area contributed by atoms with E-state index in [9.17, 15) is 4.79 Å². The van der Waals surface area contributed by atoms with Crippen molar-refractivity contribution in [2.45, 2.75) is 32.7 Å². The van der Waals surface area contributed by atoms with Crippen molar-refractivity contribution in [1.29, 1.82) is 0 Å². The van der Waals surface area contributed by atoms with Gasteiger partial charge in [0.1, 0.15) is 6.73 Å². The van der Waals surface area contributed by atoms with Gasteiger partial charge in [-0.15, -0.1) is 0 Å². The SMILES string of the molecule is CCN1CCN(COc2cc3cc(N=CC4CCCN4C=O)c(C)cc3cc2OC)CC1. The molecule has 2 aromatic carbocycles. The summed E-state index contributed by atoms with van der Waals surface area (Å²) in [6.45, 7) is 10.9. The van der Waals surface area contributed by atoms with E-state index in [0.717, 1.165) is 92.0 Å². The van der Waals surface area contributed by atoms with Crippen LogP contribution in [0.4, 0.5) is 5.69 Å². The molecule has 2 aliphatic heterocycles. The van der Waals surface area contributed by atoms with Gasteiger partial charge < -0.3 is 19.3 Å². The third kappa shape index (κ3) is 5.05. The minimum atomic E-state index is 0.0885. The highest BCUT2D eigenvalue weighted by Crippen LogP contribution is 2.35. The molecule has 0 bridgehead atoms. The summed E-state index contributed by atoms with van der Waals surface area (Å²) in [5.41, 5.74) is 2.01. The van der Waals surface area contributed by atoms with E-state index in [1.807, 2.05) is 23.2 Å². The Hall–Kier alpha value is -2.64. The summed E-state index contributed by atoms with van der Waals surface area (Å²) in [7, 11) is 1.68. The summed E-state index contributed by atoms with van der Waals surface area (Å²) in [4.78, 5) is 22.5. The Bertz CT molecular complexity index is 969. The summed E-state index contributed by atoms with van der Waals surface area (Å²) < 4.78 is 11.8. The summed E-state index contributed by atoms with van der Waals surface area (Å²) >= 11 is 0. The van der Waals surface area contributed by atoms with Crippen molar-refractivity contribution >= 4 is 29.1 Å². The molecule has 32 heavy (non-hydrogen) atoms. The maximum absolute atomic E-state index is 11.2. The van der Waals surface area contributed by atoms with E-state index in [0.29, 0.717) is 6.73 Å². The topological polar surface area (TPSA) is 57.6 Å². The molecule has 4 rings (SSSR count). The lowest BCUT2D eigenvalue weighted by atomic mass is 10.0. The number of benzene rings is 2. The van der Waals surface area contributed by atoms with Crippen LogP contribution in [-0.2, 0) is 4.79 Å². The number of carbonyl (C=O) groups is 1. The summed E-state index contributed by atoms with van der Waals surface area (Å²) in [5, 5.41) is 2.16. The van der Waals surface area contributed by atoms with E-state index in [2.05, 4.69) is 35.8 Å². The van der Waals surface area contributed by atoms with Gasteiger partial charge in [0, 0.05) is 38.9 Å². The summed E-state index contributed by atoms with van der Waals surface area (Å²) in [6, 6.07) is 8.39. The van der Waals surface area contributed by atoms with E-state index < -0.39 is 0 Å². The van der Waals surface area contributed by atoms with Crippen molar-refractivity contribution in [3.05, 3.63) is 29.8 Å². The number of likely N-dealkylation sites (N-methyl/N-ethyl adjacent to an activating group) is 1. The van der Waals surface area contributed by atoms with E-state index in [1.165, 1.54) is 0 Å². The van der Waals surface area contributed by atoms with Gasteiger partial charge in [0.25, 0.3) is 0 Å². The molecule has 0 radical (unpaired) electrons. The van der Waals surface area contributed by atoms with Crippen molar-refractivity contribution in [2.24, 2.45) is 4.99 Å². The molecule has 2 heterocycles. The van der Waals surface area contributed by atoms with Gasteiger partial charge in [-0.25, -0.2) is 0 Å². The maximum Gasteiger partial charge on any atom is 0.210 e. The monoisotopic (exact) mass is 438 g/mol. The maximum atomic E-state index is 11.2. The second-order valence-corrected chi connectivity index (χ2v) is 8.65. The van der Waals surface area contributed by atoms with E-state index in [1.54, 1.807) is 7.11 Å². The first-order valence-corrected chi connectivity index (χ1v) is 11.6. The standard InChI is InChI=1S/C25H34N4O3/c1-4-27-8-10-28(11-9-27)18-32-25-15-21-13-23(19(2)12-20(21)14-24(25)31-3)26-16-22-6-5-7-29(22)17-30/h12-17,22H,4-11,18H2,1-3H3. The number of piperazine rings is 1. The first-order valence-electron chi connectivity index (χ1n) is 11.6. The van der Waals surface area contributed by atoms with E-state index in [-0.39, 0.29) is 6.04 Å². The third-order valence-electron chi connectivity index (χ3n) is 6.62. The van der Waals surface area contributed by atoms with Crippen LogP contribution in [0.25, 0.3) is 10.8 Å². The Labute approximate surface area is 190 Å². The smallest absolute Gasteiger partial charge is 0.210 e. The van der Waals surface area contributed by atoms with Crippen LogP contribution in [0.15, 0.2) is 29.3 Å². The van der Waals surface area contributed by atoms with Crippen molar-refractivity contribution in [1.82, 2.24) is 14.7 Å². The van der Waals surface area contributed by atoms with Crippen LogP contribution in [0.1, 0.15) is 25.3 Å². The first-order chi connectivity index (χ1) is 15.6. The molecule has 2 aliphatic rings. The van der Waals surface area contributed by atoms with Crippen LogP contribution < -0.4 is 9.47 Å². The molecular formula is C25H34N4O3. The minimum Gasteiger partial charge on any atom is -0.493 e. The molecule has 7 nitrogen and oxygen atoms in total. The van der Waals surface area contributed by atoms with Gasteiger partial charge in [-0.2, -0.15) is 0 Å². The number of likely N-dealkylation sites (tertiary alicyclic amines) is 1. The largest absolute Gasteiger partial charge is 0.493 e. The quantitative estimate of drug-likeness (QED) is 0.467. The zero-order valence-corrected chi connectivity index (χ0v) is 19.4. The number of hydrogen-bond acceptors (Lipinski definition) is 6. The predicted molar refractivity (Wildman–Crippen MR) is 128 cm³/mol. The summed E-state index contributed by atoms with van der Waals surface area (Å²) in [6.07, 6.45) is 4.83. The molecule has 0 aromatic heterocycles. The van der Waals surface area contributed by atoms with Crippen LogP contribution in [0, 0.1) is 6.92 Å². The van der Waals surface area contributed by atoms with Crippen molar-refractivity contribution in [3.63, 3.8) is 0 Å². The molecule has 0 saturated carbocycles. The molecule has 2 fully saturated rings. The molecule has 0 N–H and O–H groups in total. The van der Waals surface area contributed by atoms with Gasteiger partial charge in [-0.1, -0.05) is 6.92 Å². The third-order valence-corrected chi connectivity index (χ3v) is 6.62. The van der Waals surface area contributed by atoms with Crippen molar-refractivity contribution in [3.8, 4) is 11.5 Å². The minimum absolute atomic E-state index is 0.0885. The number of rotatable bonds is 8. The number of fused-ring (bicyclic) bond motifs is 1. The second kappa shape index (κ2) is 10.3. The number of aryl methyl sites for hydroxylation is 1. The van der Waals surface area contributed by atoms with Gasteiger partial charge in [0.2, 0.25) is 6.41 Å². The highest BCUT2D eigenvalue weighted by atomic mass is 16.5. The van der Waals surface area contributed by atoms with Crippen LogP contribution in [0.2, 0.25) is 0 Å². The number of hydrogen-bond donors (Lipinski definition) is 0. The van der Waals surface area contributed by atoms with Gasteiger partial charge in [0.05, 0.1) is 18.8 Å². The van der Waals surface area contributed by atoms with Gasteiger partial charge in [-0.3, -0.25) is 14.7 Å². The number of nitrogens with zero attached hydrogens (tertiary/aromatic N) is 4. The zero-order chi connectivity index (χ0) is 22.5. The molecule has 1 atom stereocenters. The number of aliphatic imine (C=N–C) groups is 1. The molecular weight excluding hydrogens is 404 g/mol. The Kier molecular flexibility index (Phi) is 7.27. The molecule has 7 heteroatoms. The molecule has 172 valence electrons. The highest BCUT2D eigenvalue weighted by Gasteiger charge is 2.21. The molecule has 2 saturated heterocycles. The molecule has 0 spiro atoms. The summed E-state index contributed by atoms with van der Waals surface area (Å²) in [5.74, 6) is 1.49. The van der Waals surface area contributed by atoms with Gasteiger partial charge in [-0.05, 0) is 66.9 Å². The molecule has 1 unspecified atom stereocenters. The van der Waals surface area contributed by atoms with Crippen molar-refractivity contribution < 1.29 is 14.3 Å². The van der Waals surface area contributed by atoms with Crippen LogP contribution in [0.5, 0.6) is 11.5 Å². The lowest BCUT2D eigenvalue weighted by Crippen LogP contribution is -2.47. The average Bonchev–Trinajstić information content (AvgIpc) is 3.29. The Balaban J connectivity index is 1.52. The molecule has 2 aromatic rings. The van der Waals surface area contributed by atoms with Crippen LogP contribution >= 0.6 is 0 Å². The Morgan fingerprint density at radius 3 is 2.47 bits per heavy atom. The number of ether oxygens (including phenoxy) is 2. The molecule has 1 amide bonds. The Morgan fingerprint density at radius 1 is 1.03 bits per heavy atom. The lowest BCUT2D eigenvalue weighted by molar-refractivity contribution is -0.117. The molecule has 0 aliphatic carbocycles. The normalized spacial score (nSPS) is 20.3. The Morgan fingerprint density at radius 2 is 1.75 bits per heavy atom. The van der Waals surface area contributed by atoms with Crippen LogP contribution in [0.3, 0.4) is 0 Å². The predicted octanol–water partition coefficient (Wildman–Crippen LogP) is 3.45. The fraction of sp³-hybridized carbons (Fsp3) is 0.520. The lowest BCUT2D eigenvalue weighted by Gasteiger charge is -2.33. The van der Waals surface area contributed by atoms with Gasteiger partial charge >= 0.3 is 0 Å². The fourth-order valence-electron chi connectivity index (χ4n) is 4.49. The average molecular weight is 439 g/mol. The van der Waals surface area contributed by atoms with Gasteiger partial charge in [0.15, 0.2) is 11.5 Å². The van der Waals surface area contributed by atoms with E-state index >= 15 is 0 Å². The second-order valence-electron chi connectivity index (χ2n) is 8.65. The number of carbonyl (C=O) groups excluding carboxylic acids is 1. The highest BCUT2D eigenvalue weighted by molar-refractivity contribution is 5.90. The van der Waals surface area contributed by atoms with Crippen molar-refractivity contribution in [2.75, 3.05) is 53.1 Å². The van der Waals surface area contributed by atoms with E-state index in [4.69, 9.17) is 14.5 Å². The zero-order valence-electron chi connectivity index (χ0n) is 19.4. The van der Waals surface area contributed by atoms with Crippen LogP contribution in [-0.4, -0.2) is 86.5 Å². The first kappa shape index (κ1) is 22.6. The number of methoxy groups -OCH3 is 1. The fourth-order valence-corrected chi connectivity index (χ4v) is 4.49. The number of amides is 1.